The molecule has 2 aliphatic rings. The van der Waals surface area contributed by atoms with E-state index in [-0.39, 0.29) is 17.6 Å². The maximum Gasteiger partial charge on any atom is 0.252 e. The normalized spacial score (nSPS) is 22.3. The summed E-state index contributed by atoms with van der Waals surface area (Å²) < 4.78 is 6.05. The van der Waals surface area contributed by atoms with Gasteiger partial charge in [-0.1, -0.05) is 24.5 Å². The molecule has 0 bridgehead atoms. The monoisotopic (exact) mass is 324 g/mol. The van der Waals surface area contributed by atoms with E-state index in [0.717, 1.165) is 41.4 Å². The second-order valence-corrected chi connectivity index (χ2v) is 7.41. The van der Waals surface area contributed by atoms with Gasteiger partial charge in [0.2, 0.25) is 0 Å². The molecule has 1 N–H and O–H groups in total. The Morgan fingerprint density at radius 2 is 2.04 bits per heavy atom. The van der Waals surface area contributed by atoms with E-state index in [1.165, 1.54) is 12.8 Å². The van der Waals surface area contributed by atoms with E-state index in [1.807, 2.05) is 38.1 Å². The van der Waals surface area contributed by atoms with Crippen LogP contribution in [0.15, 0.2) is 24.3 Å². The van der Waals surface area contributed by atoms with Gasteiger partial charge in [-0.2, -0.15) is 0 Å². The Morgan fingerprint density at radius 3 is 2.83 bits per heavy atom. The number of ether oxygens (including phenoxy) is 1. The van der Waals surface area contributed by atoms with Gasteiger partial charge in [-0.3, -0.25) is 9.78 Å². The molecule has 126 valence electrons. The highest BCUT2D eigenvalue weighted by Crippen LogP contribution is 2.40. The molecule has 1 aliphatic carbocycles. The number of hydrogen-bond donors (Lipinski definition) is 1. The van der Waals surface area contributed by atoms with Gasteiger partial charge in [0.25, 0.3) is 5.91 Å². The lowest BCUT2D eigenvalue weighted by Gasteiger charge is -2.21. The van der Waals surface area contributed by atoms with Crippen molar-refractivity contribution in [1.29, 1.82) is 0 Å². The fourth-order valence-electron chi connectivity index (χ4n) is 4.23. The molecule has 1 aromatic carbocycles. The molecule has 2 aromatic rings. The van der Waals surface area contributed by atoms with E-state index in [1.54, 1.807) is 0 Å². The molecular formula is C20H24N2O2. The van der Waals surface area contributed by atoms with Crippen LogP contribution in [0.2, 0.25) is 0 Å². The van der Waals surface area contributed by atoms with Gasteiger partial charge in [0.15, 0.2) is 0 Å². The van der Waals surface area contributed by atoms with Crippen LogP contribution in [0, 0.1) is 13.8 Å². The number of fused-ring (bicyclic) bond motifs is 1. The van der Waals surface area contributed by atoms with E-state index in [9.17, 15) is 4.79 Å². The van der Waals surface area contributed by atoms with Crippen molar-refractivity contribution < 1.29 is 9.53 Å². The van der Waals surface area contributed by atoms with Crippen molar-refractivity contribution in [1.82, 2.24) is 10.3 Å². The zero-order valence-electron chi connectivity index (χ0n) is 14.4. The number of aryl methyl sites for hydroxylation is 2. The van der Waals surface area contributed by atoms with Gasteiger partial charge in [-0.15, -0.1) is 0 Å². The maximum absolute atomic E-state index is 12.9. The number of nitrogens with zero attached hydrogens (tertiary/aromatic N) is 1. The van der Waals surface area contributed by atoms with E-state index in [0.29, 0.717) is 12.2 Å². The molecule has 2 heterocycles. The van der Waals surface area contributed by atoms with Crippen molar-refractivity contribution in [3.05, 3.63) is 41.1 Å². The summed E-state index contributed by atoms with van der Waals surface area (Å²) in [5, 5.41) is 4.12. The van der Waals surface area contributed by atoms with Gasteiger partial charge in [-0.05, 0) is 51.3 Å². The molecule has 4 rings (SSSR count). The van der Waals surface area contributed by atoms with Crippen LogP contribution in [0.5, 0.6) is 0 Å². The first kappa shape index (κ1) is 15.6. The quantitative estimate of drug-likeness (QED) is 0.917. The number of hydrogen-bond acceptors (Lipinski definition) is 3. The molecule has 1 aromatic heterocycles. The van der Waals surface area contributed by atoms with E-state index >= 15 is 0 Å². The summed E-state index contributed by atoms with van der Waals surface area (Å²) in [6.45, 7) is 4.60. The zero-order valence-corrected chi connectivity index (χ0v) is 14.4. The second kappa shape index (κ2) is 5.85. The molecule has 1 saturated heterocycles. The number of amides is 1. The fourth-order valence-corrected chi connectivity index (χ4v) is 4.23. The van der Waals surface area contributed by atoms with Gasteiger partial charge < -0.3 is 10.1 Å². The lowest BCUT2D eigenvalue weighted by atomic mass is 9.96. The maximum atomic E-state index is 12.9. The van der Waals surface area contributed by atoms with Crippen molar-refractivity contribution in [2.75, 3.05) is 6.61 Å². The van der Waals surface area contributed by atoms with Crippen molar-refractivity contribution in [2.45, 2.75) is 57.6 Å². The zero-order chi connectivity index (χ0) is 16.7. The number of nitrogens with one attached hydrogen (secondary N) is 1. The van der Waals surface area contributed by atoms with Crippen LogP contribution in [0.1, 0.15) is 53.7 Å². The lowest BCUT2D eigenvalue weighted by molar-refractivity contribution is 0.00988. The number of carbonyl (C=O) groups excluding carboxylic acids is 1. The first-order valence-electron chi connectivity index (χ1n) is 8.88. The average molecular weight is 324 g/mol. The Hall–Kier alpha value is -1.94. The van der Waals surface area contributed by atoms with Crippen LogP contribution >= 0.6 is 0 Å². The van der Waals surface area contributed by atoms with Crippen LogP contribution < -0.4 is 5.32 Å². The highest BCUT2D eigenvalue weighted by molar-refractivity contribution is 6.06. The molecule has 1 amide bonds. The van der Waals surface area contributed by atoms with Crippen LogP contribution in [-0.2, 0) is 4.74 Å². The molecule has 4 heteroatoms. The van der Waals surface area contributed by atoms with Crippen molar-refractivity contribution in [2.24, 2.45) is 0 Å². The first-order valence-corrected chi connectivity index (χ1v) is 8.88. The van der Waals surface area contributed by atoms with E-state index < -0.39 is 0 Å². The third kappa shape index (κ3) is 2.80. The number of pyridine rings is 1. The molecule has 1 atom stereocenters. The highest BCUT2D eigenvalue weighted by Gasteiger charge is 2.42. The number of aromatic nitrogens is 1. The van der Waals surface area contributed by atoms with Crippen LogP contribution in [0.4, 0.5) is 0 Å². The molecule has 0 radical (unpaired) electrons. The van der Waals surface area contributed by atoms with Crippen LogP contribution in [0.25, 0.3) is 10.9 Å². The van der Waals surface area contributed by atoms with Gasteiger partial charge in [-0.25, -0.2) is 0 Å². The first-order chi connectivity index (χ1) is 11.5. The average Bonchev–Trinajstić information content (AvgIpc) is 3.17. The minimum atomic E-state index is -0.0141. The predicted octanol–water partition coefficient (Wildman–Crippen LogP) is 3.68. The van der Waals surface area contributed by atoms with E-state index in [4.69, 9.17) is 4.74 Å². The Labute approximate surface area is 142 Å². The van der Waals surface area contributed by atoms with Crippen LogP contribution in [0.3, 0.4) is 0 Å². The smallest absolute Gasteiger partial charge is 0.252 e. The van der Waals surface area contributed by atoms with Crippen molar-refractivity contribution in [3.8, 4) is 0 Å². The molecule has 0 unspecified atom stereocenters. The summed E-state index contributed by atoms with van der Waals surface area (Å²) in [7, 11) is 0. The molecule has 2 fully saturated rings. The fraction of sp³-hybridized carbons (Fsp3) is 0.500. The Bertz CT molecular complexity index is 794. The predicted molar refractivity (Wildman–Crippen MR) is 94.2 cm³/mol. The third-order valence-electron chi connectivity index (χ3n) is 5.40. The summed E-state index contributed by atoms with van der Waals surface area (Å²) in [4.78, 5) is 17.4. The summed E-state index contributed by atoms with van der Waals surface area (Å²) in [6, 6.07) is 8.06. The summed E-state index contributed by atoms with van der Waals surface area (Å²) in [5.74, 6) is -0.0141. The second-order valence-electron chi connectivity index (χ2n) is 7.41. The summed E-state index contributed by atoms with van der Waals surface area (Å²) in [6.07, 6.45) is 5.70. The van der Waals surface area contributed by atoms with Gasteiger partial charge >= 0.3 is 0 Å². The lowest BCUT2D eigenvalue weighted by Crippen LogP contribution is -2.36. The standard InChI is InChI=1S/C20H24N2O2/c1-13-5-6-18-16(9-13)17(10-14(2)21-18)19(23)22-15-11-20(24-12-15)7-3-4-8-20/h5-6,9-10,15H,3-4,7-8,11-12H2,1-2H3,(H,22,23)/t15-/m0/s1. The topological polar surface area (TPSA) is 51.2 Å². The number of carbonyl (C=O) groups is 1. The summed E-state index contributed by atoms with van der Waals surface area (Å²) >= 11 is 0. The molecule has 1 aliphatic heterocycles. The van der Waals surface area contributed by atoms with Crippen molar-refractivity contribution >= 4 is 16.8 Å². The van der Waals surface area contributed by atoms with Gasteiger partial charge in [0, 0.05) is 11.1 Å². The molecule has 1 saturated carbocycles. The highest BCUT2D eigenvalue weighted by atomic mass is 16.5. The number of benzene rings is 1. The Balaban J connectivity index is 1.58. The Morgan fingerprint density at radius 1 is 1.25 bits per heavy atom. The third-order valence-corrected chi connectivity index (χ3v) is 5.40. The van der Waals surface area contributed by atoms with Gasteiger partial charge in [0.05, 0.1) is 29.3 Å². The molecule has 1 spiro atoms. The molecular weight excluding hydrogens is 300 g/mol. The van der Waals surface area contributed by atoms with E-state index in [2.05, 4.69) is 10.3 Å². The largest absolute Gasteiger partial charge is 0.373 e. The Kier molecular flexibility index (Phi) is 3.80. The SMILES string of the molecule is Cc1ccc2nc(C)cc(C(=O)N[C@@H]3COC4(CCCC4)C3)c2c1. The minimum absolute atomic E-state index is 0.0141. The molecule has 4 nitrogen and oxygen atoms in total. The van der Waals surface area contributed by atoms with Crippen LogP contribution in [-0.4, -0.2) is 29.1 Å². The van der Waals surface area contributed by atoms with Crippen molar-refractivity contribution in [3.63, 3.8) is 0 Å². The minimum Gasteiger partial charge on any atom is -0.373 e. The summed E-state index contributed by atoms with van der Waals surface area (Å²) in [5.41, 5.74) is 3.63. The molecule has 24 heavy (non-hydrogen) atoms. The van der Waals surface area contributed by atoms with Gasteiger partial charge in [0.1, 0.15) is 0 Å². The number of rotatable bonds is 2.